The van der Waals surface area contributed by atoms with Crippen molar-refractivity contribution in [2.75, 3.05) is 26.9 Å². The highest BCUT2D eigenvalue weighted by molar-refractivity contribution is 5.95. The summed E-state index contributed by atoms with van der Waals surface area (Å²) in [6.07, 6.45) is 0. The molecule has 2 rings (SSSR count). The fourth-order valence-electron chi connectivity index (χ4n) is 2.30. The van der Waals surface area contributed by atoms with Crippen LogP contribution in [0.15, 0.2) is 36.4 Å². The molecule has 0 heterocycles. The van der Waals surface area contributed by atoms with E-state index in [2.05, 4.69) is 0 Å². The summed E-state index contributed by atoms with van der Waals surface area (Å²) in [5.74, 6) is 0.208. The Morgan fingerprint density at radius 1 is 1.07 bits per heavy atom. The fourth-order valence-corrected chi connectivity index (χ4v) is 2.30. The van der Waals surface area contributed by atoms with Crippen LogP contribution in [0.3, 0.4) is 0 Å². The molecule has 0 radical (unpaired) electrons. The predicted molar refractivity (Wildman–Crippen MR) is 97.8 cm³/mol. The van der Waals surface area contributed by atoms with Gasteiger partial charge in [0.25, 0.3) is 5.69 Å². The van der Waals surface area contributed by atoms with E-state index in [-0.39, 0.29) is 30.3 Å². The van der Waals surface area contributed by atoms with E-state index in [9.17, 15) is 14.9 Å². The molecule has 0 aliphatic carbocycles. The van der Waals surface area contributed by atoms with Crippen molar-refractivity contribution in [1.82, 2.24) is 0 Å². The summed E-state index contributed by atoms with van der Waals surface area (Å²) in [7, 11) is 1.36. The number of aryl methyl sites for hydroxylation is 1. The van der Waals surface area contributed by atoms with E-state index in [1.165, 1.54) is 13.2 Å². The zero-order chi connectivity index (χ0) is 19.8. The lowest BCUT2D eigenvalue weighted by atomic mass is 10.1. The van der Waals surface area contributed by atoms with Crippen LogP contribution in [0.2, 0.25) is 0 Å². The summed E-state index contributed by atoms with van der Waals surface area (Å²) < 4.78 is 21.0. The van der Waals surface area contributed by atoms with Crippen molar-refractivity contribution in [3.8, 4) is 17.2 Å². The number of carbonyl (C=O) groups excluding carboxylic acids is 1. The van der Waals surface area contributed by atoms with Gasteiger partial charge < -0.3 is 18.9 Å². The van der Waals surface area contributed by atoms with Gasteiger partial charge in [0.1, 0.15) is 24.5 Å². The Balaban J connectivity index is 2.06. The average Bonchev–Trinajstić information content (AvgIpc) is 2.66. The van der Waals surface area contributed by atoms with E-state index in [1.54, 1.807) is 19.1 Å². The maximum absolute atomic E-state index is 12.3. The molecule has 0 N–H and O–H groups in total. The van der Waals surface area contributed by atoms with Crippen LogP contribution >= 0.6 is 0 Å². The smallest absolute Gasteiger partial charge is 0.345 e. The lowest BCUT2D eigenvalue weighted by Gasteiger charge is -2.12. The zero-order valence-electron chi connectivity index (χ0n) is 15.4. The predicted octanol–water partition coefficient (Wildman–Crippen LogP) is 3.55. The van der Waals surface area contributed by atoms with Gasteiger partial charge in [0.15, 0.2) is 11.5 Å². The largest absolute Gasteiger partial charge is 0.493 e. The molecule has 2 aromatic carbocycles. The summed E-state index contributed by atoms with van der Waals surface area (Å²) in [6, 6.07) is 9.81. The Morgan fingerprint density at radius 3 is 2.37 bits per heavy atom. The van der Waals surface area contributed by atoms with E-state index in [0.29, 0.717) is 12.4 Å². The zero-order valence-corrected chi connectivity index (χ0v) is 15.4. The lowest BCUT2D eigenvalue weighted by molar-refractivity contribution is -0.385. The maximum atomic E-state index is 12.3. The van der Waals surface area contributed by atoms with Gasteiger partial charge in [-0.3, -0.25) is 10.1 Å². The molecule has 0 saturated carbocycles. The van der Waals surface area contributed by atoms with Crippen molar-refractivity contribution < 1.29 is 28.7 Å². The summed E-state index contributed by atoms with van der Waals surface area (Å²) in [5.41, 5.74) is 0.477. The molecule has 0 saturated heterocycles. The fraction of sp³-hybridized carbons (Fsp3) is 0.316. The highest BCUT2D eigenvalue weighted by Crippen LogP contribution is 2.35. The Bertz CT molecular complexity index is 802. The van der Waals surface area contributed by atoms with Crippen LogP contribution in [-0.2, 0) is 4.74 Å². The number of benzene rings is 2. The minimum Gasteiger partial charge on any atom is -0.493 e. The highest BCUT2D eigenvalue weighted by atomic mass is 16.6. The van der Waals surface area contributed by atoms with Crippen molar-refractivity contribution in [1.29, 1.82) is 0 Å². The van der Waals surface area contributed by atoms with Crippen molar-refractivity contribution in [3.63, 3.8) is 0 Å². The third-order valence-electron chi connectivity index (χ3n) is 3.60. The Kier molecular flexibility index (Phi) is 6.99. The van der Waals surface area contributed by atoms with Crippen LogP contribution in [0, 0.1) is 17.0 Å². The van der Waals surface area contributed by atoms with Gasteiger partial charge in [0, 0.05) is 6.07 Å². The third kappa shape index (κ3) is 5.34. The summed E-state index contributed by atoms with van der Waals surface area (Å²) in [6.45, 7) is 4.09. The Hall–Kier alpha value is -3.29. The van der Waals surface area contributed by atoms with E-state index < -0.39 is 16.6 Å². The minimum atomic E-state index is -0.835. The molecule has 144 valence electrons. The first-order valence-electron chi connectivity index (χ1n) is 8.32. The van der Waals surface area contributed by atoms with Gasteiger partial charge in [-0.25, -0.2) is 4.79 Å². The highest BCUT2D eigenvalue weighted by Gasteiger charge is 2.25. The molecule has 0 aliphatic rings. The second-order valence-electron chi connectivity index (χ2n) is 5.51. The first kappa shape index (κ1) is 20.0. The van der Waals surface area contributed by atoms with Gasteiger partial charge in [0.2, 0.25) is 0 Å². The second kappa shape index (κ2) is 9.42. The number of ether oxygens (including phenoxy) is 4. The standard InChI is InChI=1S/C19H21NO7/c1-4-25-18-11-15(16(20(22)23)12-17(18)24-3)19(21)27-10-9-26-14-7-5-13(2)6-8-14/h5-8,11-12H,4,9-10H2,1-3H3. The van der Waals surface area contributed by atoms with E-state index >= 15 is 0 Å². The van der Waals surface area contributed by atoms with Crippen LogP contribution in [0.25, 0.3) is 0 Å². The number of esters is 1. The molecule has 8 nitrogen and oxygen atoms in total. The van der Waals surface area contributed by atoms with E-state index in [4.69, 9.17) is 18.9 Å². The monoisotopic (exact) mass is 375 g/mol. The minimum absolute atomic E-state index is 0.0557. The molecule has 8 heteroatoms. The molecule has 0 spiro atoms. The Labute approximate surface area is 156 Å². The summed E-state index contributed by atoms with van der Waals surface area (Å²) in [4.78, 5) is 22.9. The Morgan fingerprint density at radius 2 is 1.78 bits per heavy atom. The molecule has 0 unspecified atom stereocenters. The van der Waals surface area contributed by atoms with Gasteiger partial charge >= 0.3 is 5.97 Å². The van der Waals surface area contributed by atoms with Crippen molar-refractivity contribution in [3.05, 3.63) is 57.6 Å². The van der Waals surface area contributed by atoms with Gasteiger partial charge in [-0.15, -0.1) is 0 Å². The number of nitro groups is 1. The lowest BCUT2D eigenvalue weighted by Crippen LogP contribution is -2.14. The van der Waals surface area contributed by atoms with Crippen molar-refractivity contribution in [2.45, 2.75) is 13.8 Å². The van der Waals surface area contributed by atoms with Gasteiger partial charge in [-0.05, 0) is 26.0 Å². The van der Waals surface area contributed by atoms with E-state index in [0.717, 1.165) is 11.6 Å². The average molecular weight is 375 g/mol. The van der Waals surface area contributed by atoms with Crippen LogP contribution in [0.1, 0.15) is 22.8 Å². The topological polar surface area (TPSA) is 97.1 Å². The normalized spacial score (nSPS) is 10.2. The van der Waals surface area contributed by atoms with Crippen molar-refractivity contribution >= 4 is 11.7 Å². The molecule has 0 fully saturated rings. The van der Waals surface area contributed by atoms with Gasteiger partial charge in [0.05, 0.1) is 24.7 Å². The van der Waals surface area contributed by atoms with Crippen LogP contribution in [0.4, 0.5) is 5.69 Å². The van der Waals surface area contributed by atoms with Crippen molar-refractivity contribution in [2.24, 2.45) is 0 Å². The van der Waals surface area contributed by atoms with Gasteiger partial charge in [-0.1, -0.05) is 17.7 Å². The molecular weight excluding hydrogens is 354 g/mol. The first-order valence-corrected chi connectivity index (χ1v) is 8.32. The molecule has 0 aromatic heterocycles. The SMILES string of the molecule is CCOc1cc(C(=O)OCCOc2ccc(C)cc2)c([N+](=O)[O-])cc1OC. The molecule has 27 heavy (non-hydrogen) atoms. The number of nitrogens with zero attached hydrogens (tertiary/aromatic N) is 1. The van der Waals surface area contributed by atoms with Crippen LogP contribution < -0.4 is 14.2 Å². The number of hydrogen-bond donors (Lipinski definition) is 0. The number of rotatable bonds is 9. The summed E-state index contributed by atoms with van der Waals surface area (Å²) >= 11 is 0. The quantitative estimate of drug-likeness (QED) is 0.286. The third-order valence-corrected chi connectivity index (χ3v) is 3.60. The van der Waals surface area contributed by atoms with Crippen LogP contribution in [0.5, 0.6) is 17.2 Å². The molecule has 0 atom stereocenters. The number of methoxy groups -OCH3 is 1. The summed E-state index contributed by atoms with van der Waals surface area (Å²) in [5, 5.41) is 11.3. The molecule has 0 amide bonds. The molecule has 2 aromatic rings. The number of carbonyl (C=O) groups is 1. The van der Waals surface area contributed by atoms with Gasteiger partial charge in [-0.2, -0.15) is 0 Å². The number of hydrogen-bond acceptors (Lipinski definition) is 7. The molecular formula is C19H21NO7. The molecule has 0 bridgehead atoms. The second-order valence-corrected chi connectivity index (χ2v) is 5.51. The van der Waals surface area contributed by atoms with Crippen LogP contribution in [-0.4, -0.2) is 37.8 Å². The molecule has 0 aliphatic heterocycles. The number of nitro benzene ring substituents is 1. The maximum Gasteiger partial charge on any atom is 0.345 e. The first-order chi connectivity index (χ1) is 13.0. The van der Waals surface area contributed by atoms with E-state index in [1.807, 2.05) is 19.1 Å².